The number of aromatic nitrogens is 1. The topological polar surface area (TPSA) is 95.0 Å². The standard InChI is InChI=1S/C27H30F2N4O4/c1-26(36)13-18(14-26)33-22(34)12-17-10-19(15-30-24(17)33)37-9-8-32-6-4-27(5-7-32)20-11-16(23(28)29)2-3-21(20)31-25(27)35/h2-3,10-11,15,18,23,36H,4-9,12-14H2,1H3,(H,31,35)/t18-,26-. The number of hydrogen-bond donors (Lipinski definition) is 2. The molecule has 1 aromatic carbocycles. The van der Waals surface area contributed by atoms with Gasteiger partial charge in [0.2, 0.25) is 11.8 Å². The Morgan fingerprint density at radius 2 is 1.97 bits per heavy atom. The molecule has 8 nitrogen and oxygen atoms in total. The molecular formula is C27H30F2N4O4. The minimum atomic E-state index is -2.57. The van der Waals surface area contributed by atoms with E-state index in [-0.39, 0.29) is 29.8 Å². The summed E-state index contributed by atoms with van der Waals surface area (Å²) in [4.78, 5) is 33.8. The van der Waals surface area contributed by atoms with Gasteiger partial charge in [-0.05, 0) is 69.5 Å². The van der Waals surface area contributed by atoms with Crippen LogP contribution in [0.4, 0.5) is 20.3 Å². The zero-order valence-corrected chi connectivity index (χ0v) is 20.7. The number of piperidine rings is 1. The van der Waals surface area contributed by atoms with Crippen LogP contribution in [0.15, 0.2) is 30.5 Å². The Hall–Kier alpha value is -3.11. The average Bonchev–Trinajstić information content (AvgIpc) is 3.30. The third kappa shape index (κ3) is 4.16. The van der Waals surface area contributed by atoms with Crippen molar-refractivity contribution in [2.45, 2.75) is 62.5 Å². The fraction of sp³-hybridized carbons (Fsp3) is 0.519. The van der Waals surface area contributed by atoms with Gasteiger partial charge in [-0.3, -0.25) is 19.4 Å². The van der Waals surface area contributed by atoms with Crippen molar-refractivity contribution >= 4 is 23.3 Å². The molecule has 3 aliphatic heterocycles. The summed E-state index contributed by atoms with van der Waals surface area (Å²) in [5.41, 5.74) is 0.624. The number of nitrogens with zero attached hydrogens (tertiary/aromatic N) is 3. The first-order valence-corrected chi connectivity index (χ1v) is 12.8. The number of amides is 2. The lowest BCUT2D eigenvalue weighted by Gasteiger charge is -2.45. The Kier molecular flexibility index (Phi) is 5.72. The molecule has 6 rings (SSSR count). The number of pyridine rings is 1. The van der Waals surface area contributed by atoms with Gasteiger partial charge in [0.25, 0.3) is 6.43 Å². The maximum absolute atomic E-state index is 13.3. The van der Waals surface area contributed by atoms with Crippen molar-refractivity contribution in [1.82, 2.24) is 9.88 Å². The Morgan fingerprint density at radius 3 is 2.68 bits per heavy atom. The highest BCUT2D eigenvalue weighted by atomic mass is 19.3. The second kappa shape index (κ2) is 8.73. The molecule has 37 heavy (non-hydrogen) atoms. The van der Waals surface area contributed by atoms with Gasteiger partial charge in [-0.1, -0.05) is 6.07 Å². The fourth-order valence-electron chi connectivity index (χ4n) is 6.30. The molecule has 2 aromatic rings. The molecule has 0 unspecified atom stereocenters. The number of alkyl halides is 2. The van der Waals surface area contributed by atoms with Crippen molar-refractivity contribution < 1.29 is 28.2 Å². The van der Waals surface area contributed by atoms with Gasteiger partial charge < -0.3 is 15.2 Å². The molecule has 2 fully saturated rings. The number of carbonyl (C=O) groups excluding carboxylic acids is 2. The number of rotatable bonds is 6. The van der Waals surface area contributed by atoms with E-state index >= 15 is 0 Å². The Morgan fingerprint density at radius 1 is 1.22 bits per heavy atom. The SMILES string of the molecule is C[C@]1(O)C[C@H](N2C(=O)Cc3cc(OCCN4CCC5(CC4)C(=O)Nc4ccc(C(F)F)cc45)cnc32)C1. The second-order valence-corrected chi connectivity index (χ2v) is 11.0. The van der Waals surface area contributed by atoms with E-state index in [0.29, 0.717) is 74.7 Å². The van der Waals surface area contributed by atoms with E-state index in [9.17, 15) is 23.5 Å². The predicted molar refractivity (Wildman–Crippen MR) is 132 cm³/mol. The summed E-state index contributed by atoms with van der Waals surface area (Å²) >= 11 is 0. The van der Waals surface area contributed by atoms with Crippen molar-refractivity contribution in [2.75, 3.05) is 36.5 Å². The van der Waals surface area contributed by atoms with Crippen LogP contribution >= 0.6 is 0 Å². The number of anilines is 2. The molecule has 2 amide bonds. The lowest BCUT2D eigenvalue weighted by molar-refractivity contribution is -0.122. The lowest BCUT2D eigenvalue weighted by Crippen LogP contribution is -2.55. The number of benzene rings is 1. The normalized spacial score (nSPS) is 26.3. The number of aliphatic hydroxyl groups is 1. The van der Waals surface area contributed by atoms with Crippen molar-refractivity contribution in [3.63, 3.8) is 0 Å². The van der Waals surface area contributed by atoms with Crippen LogP contribution in [-0.2, 0) is 21.4 Å². The number of hydrogen-bond acceptors (Lipinski definition) is 6. The van der Waals surface area contributed by atoms with E-state index in [1.807, 2.05) is 6.07 Å². The molecule has 4 aliphatic rings. The molecule has 196 valence electrons. The molecule has 2 N–H and O–H groups in total. The van der Waals surface area contributed by atoms with Crippen LogP contribution in [0.25, 0.3) is 0 Å². The summed E-state index contributed by atoms with van der Waals surface area (Å²) in [5, 5.41) is 12.9. The largest absolute Gasteiger partial charge is 0.491 e. The lowest BCUT2D eigenvalue weighted by atomic mass is 9.73. The maximum Gasteiger partial charge on any atom is 0.263 e. The van der Waals surface area contributed by atoms with E-state index in [0.717, 1.165) is 5.56 Å². The van der Waals surface area contributed by atoms with E-state index < -0.39 is 17.4 Å². The molecule has 1 aliphatic carbocycles. The highest BCUT2D eigenvalue weighted by Crippen LogP contribution is 2.46. The van der Waals surface area contributed by atoms with Gasteiger partial charge in [-0.2, -0.15) is 0 Å². The van der Waals surface area contributed by atoms with E-state index in [1.54, 1.807) is 24.1 Å². The molecule has 0 bridgehead atoms. The van der Waals surface area contributed by atoms with Gasteiger partial charge in [0.1, 0.15) is 18.2 Å². The van der Waals surface area contributed by atoms with Crippen LogP contribution in [-0.4, -0.2) is 64.7 Å². The molecule has 1 aromatic heterocycles. The van der Waals surface area contributed by atoms with Gasteiger partial charge in [-0.25, -0.2) is 13.8 Å². The third-order valence-corrected chi connectivity index (χ3v) is 8.35. The summed E-state index contributed by atoms with van der Waals surface area (Å²) < 4.78 is 32.5. The van der Waals surface area contributed by atoms with Gasteiger partial charge in [-0.15, -0.1) is 0 Å². The first-order chi connectivity index (χ1) is 17.6. The van der Waals surface area contributed by atoms with E-state index in [4.69, 9.17) is 4.74 Å². The Balaban J connectivity index is 1.04. The van der Waals surface area contributed by atoms with Gasteiger partial charge >= 0.3 is 0 Å². The zero-order valence-electron chi connectivity index (χ0n) is 20.7. The van der Waals surface area contributed by atoms with Crippen LogP contribution < -0.4 is 15.0 Å². The van der Waals surface area contributed by atoms with Gasteiger partial charge in [0, 0.05) is 29.4 Å². The first kappa shape index (κ1) is 24.2. The van der Waals surface area contributed by atoms with Crippen LogP contribution in [0, 0.1) is 0 Å². The van der Waals surface area contributed by atoms with Crippen molar-refractivity contribution in [3.05, 3.63) is 47.2 Å². The molecule has 0 radical (unpaired) electrons. The minimum Gasteiger partial charge on any atom is -0.491 e. The Labute approximate surface area is 213 Å². The van der Waals surface area contributed by atoms with Crippen molar-refractivity contribution in [1.29, 1.82) is 0 Å². The average molecular weight is 513 g/mol. The molecular weight excluding hydrogens is 482 g/mol. The van der Waals surface area contributed by atoms with E-state index in [1.165, 1.54) is 12.1 Å². The monoisotopic (exact) mass is 512 g/mol. The second-order valence-electron chi connectivity index (χ2n) is 11.0. The van der Waals surface area contributed by atoms with Crippen LogP contribution in [0.2, 0.25) is 0 Å². The highest BCUT2D eigenvalue weighted by molar-refractivity contribution is 6.06. The molecule has 1 saturated carbocycles. The fourth-order valence-corrected chi connectivity index (χ4v) is 6.30. The minimum absolute atomic E-state index is 0.000546. The highest BCUT2D eigenvalue weighted by Gasteiger charge is 2.49. The molecule has 4 heterocycles. The quantitative estimate of drug-likeness (QED) is 0.618. The summed E-state index contributed by atoms with van der Waals surface area (Å²) in [6.07, 6.45) is 1.57. The summed E-state index contributed by atoms with van der Waals surface area (Å²) in [6, 6.07) is 6.28. The van der Waals surface area contributed by atoms with Gasteiger partial charge in [0.15, 0.2) is 0 Å². The van der Waals surface area contributed by atoms with Crippen LogP contribution in [0.5, 0.6) is 5.75 Å². The van der Waals surface area contributed by atoms with E-state index in [2.05, 4.69) is 15.2 Å². The number of ether oxygens (including phenoxy) is 1. The summed E-state index contributed by atoms with van der Waals surface area (Å²) in [6.45, 7) is 4.18. The maximum atomic E-state index is 13.3. The zero-order chi connectivity index (χ0) is 25.9. The predicted octanol–water partition coefficient (Wildman–Crippen LogP) is 3.19. The first-order valence-electron chi connectivity index (χ1n) is 12.8. The number of fused-ring (bicyclic) bond motifs is 3. The number of likely N-dealkylation sites (tertiary alicyclic amines) is 1. The molecule has 0 atom stereocenters. The smallest absolute Gasteiger partial charge is 0.263 e. The summed E-state index contributed by atoms with van der Waals surface area (Å²) in [7, 11) is 0. The number of nitrogens with one attached hydrogen (secondary N) is 1. The Bertz CT molecular complexity index is 1250. The van der Waals surface area contributed by atoms with Gasteiger partial charge in [0.05, 0.1) is 23.6 Å². The molecule has 10 heteroatoms. The number of halogens is 2. The molecule has 1 saturated heterocycles. The van der Waals surface area contributed by atoms with Crippen molar-refractivity contribution in [2.24, 2.45) is 0 Å². The third-order valence-electron chi connectivity index (χ3n) is 8.35. The van der Waals surface area contributed by atoms with Crippen LogP contribution in [0.1, 0.15) is 55.7 Å². The van der Waals surface area contributed by atoms with Crippen LogP contribution in [0.3, 0.4) is 0 Å². The number of carbonyl (C=O) groups is 2. The van der Waals surface area contributed by atoms with Crippen molar-refractivity contribution in [3.8, 4) is 5.75 Å². The molecule has 1 spiro atoms. The summed E-state index contributed by atoms with van der Waals surface area (Å²) in [5.74, 6) is 1.15.